The molecule has 2 heterocycles. The van der Waals surface area contributed by atoms with Gasteiger partial charge in [-0.2, -0.15) is 0 Å². The first kappa shape index (κ1) is 12.2. The van der Waals surface area contributed by atoms with E-state index in [9.17, 15) is 0 Å². The maximum absolute atomic E-state index is 3.54. The molecule has 0 bridgehead atoms. The first-order valence-electron chi connectivity index (χ1n) is 6.65. The van der Waals surface area contributed by atoms with E-state index in [2.05, 4.69) is 41.5 Å². The van der Waals surface area contributed by atoms with Crippen LogP contribution in [-0.2, 0) is 13.0 Å². The molecular formula is C15H22N2. The maximum atomic E-state index is 3.54. The number of rotatable bonds is 0. The highest BCUT2D eigenvalue weighted by molar-refractivity contribution is 5.70. The highest BCUT2D eigenvalue weighted by atomic mass is 14.9. The predicted molar refractivity (Wildman–Crippen MR) is 74.8 cm³/mol. The van der Waals surface area contributed by atoms with Gasteiger partial charge in [-0.3, -0.25) is 0 Å². The quantitative estimate of drug-likeness (QED) is 0.702. The molecule has 0 spiro atoms. The first-order chi connectivity index (χ1) is 8.34. The molecule has 1 aliphatic carbocycles. The number of H-pyrrole nitrogens is 1. The third-order valence-electron chi connectivity index (χ3n) is 3.25. The van der Waals surface area contributed by atoms with Gasteiger partial charge >= 0.3 is 0 Å². The molecule has 2 heteroatoms. The standard InChI is InChI=1S/C13H16N2.C2H6/c1-9-2-4-10-11-8-14-7-6-13(11)15-12(10)5-3-9;1-2/h2-5,9,14-15H,6-8H2,1H3;1-2H3. The van der Waals surface area contributed by atoms with E-state index in [1.54, 1.807) is 0 Å². The van der Waals surface area contributed by atoms with Crippen molar-refractivity contribution in [1.82, 2.24) is 10.3 Å². The summed E-state index contributed by atoms with van der Waals surface area (Å²) in [7, 11) is 0. The van der Waals surface area contributed by atoms with Gasteiger partial charge in [0.1, 0.15) is 0 Å². The zero-order valence-corrected chi connectivity index (χ0v) is 11.0. The Morgan fingerprint density at radius 1 is 1.18 bits per heavy atom. The molecule has 1 aliphatic heterocycles. The van der Waals surface area contributed by atoms with Crippen molar-refractivity contribution in [3.05, 3.63) is 34.7 Å². The highest BCUT2D eigenvalue weighted by Gasteiger charge is 2.17. The summed E-state index contributed by atoms with van der Waals surface area (Å²) in [5.41, 5.74) is 5.55. The zero-order valence-electron chi connectivity index (χ0n) is 11.0. The van der Waals surface area contributed by atoms with E-state index in [1.807, 2.05) is 13.8 Å². The Kier molecular flexibility index (Phi) is 3.85. The lowest BCUT2D eigenvalue weighted by molar-refractivity contribution is 0.637. The van der Waals surface area contributed by atoms with Crippen LogP contribution in [0.15, 0.2) is 12.2 Å². The molecule has 17 heavy (non-hydrogen) atoms. The van der Waals surface area contributed by atoms with Crippen molar-refractivity contribution in [2.24, 2.45) is 5.92 Å². The average molecular weight is 230 g/mol. The molecule has 2 nitrogen and oxygen atoms in total. The van der Waals surface area contributed by atoms with Crippen LogP contribution in [0.2, 0.25) is 0 Å². The summed E-state index contributed by atoms with van der Waals surface area (Å²) in [6, 6.07) is 0. The summed E-state index contributed by atoms with van der Waals surface area (Å²) in [5, 5.41) is 3.43. The molecule has 0 aromatic carbocycles. The number of hydrogen-bond acceptors (Lipinski definition) is 1. The average Bonchev–Trinajstić information content (AvgIpc) is 2.64. The fourth-order valence-electron chi connectivity index (χ4n) is 2.35. The van der Waals surface area contributed by atoms with Crippen LogP contribution in [0.5, 0.6) is 0 Å². The van der Waals surface area contributed by atoms with E-state index >= 15 is 0 Å². The number of fused-ring (bicyclic) bond motifs is 3. The van der Waals surface area contributed by atoms with Gasteiger partial charge < -0.3 is 10.3 Å². The number of allylic oxidation sites excluding steroid dienone is 2. The van der Waals surface area contributed by atoms with Gasteiger partial charge in [0.25, 0.3) is 0 Å². The smallest absolute Gasteiger partial charge is 0.0456 e. The minimum absolute atomic E-state index is 0.540. The van der Waals surface area contributed by atoms with Gasteiger partial charge in [0.05, 0.1) is 0 Å². The topological polar surface area (TPSA) is 27.8 Å². The Morgan fingerprint density at radius 3 is 2.76 bits per heavy atom. The Labute approximate surface area is 104 Å². The van der Waals surface area contributed by atoms with E-state index in [-0.39, 0.29) is 0 Å². The number of aromatic amines is 1. The summed E-state index contributed by atoms with van der Waals surface area (Å²) in [4.78, 5) is 3.54. The Hall–Kier alpha value is -1.28. The molecule has 1 aromatic heterocycles. The van der Waals surface area contributed by atoms with Crippen LogP contribution < -0.4 is 5.32 Å². The predicted octanol–water partition coefficient (Wildman–Crippen LogP) is 3.36. The lowest BCUT2D eigenvalue weighted by Crippen LogP contribution is -2.23. The molecule has 0 fully saturated rings. The Morgan fingerprint density at radius 2 is 1.94 bits per heavy atom. The molecule has 0 amide bonds. The lowest BCUT2D eigenvalue weighted by Gasteiger charge is -2.13. The van der Waals surface area contributed by atoms with Crippen LogP contribution in [0.1, 0.15) is 43.3 Å². The van der Waals surface area contributed by atoms with E-state index in [0.717, 1.165) is 19.5 Å². The normalized spacial score (nSPS) is 21.0. The second-order valence-electron chi connectivity index (χ2n) is 4.41. The van der Waals surface area contributed by atoms with Crippen LogP contribution in [0, 0.1) is 5.92 Å². The Bertz CT molecular complexity index is 438. The second-order valence-corrected chi connectivity index (χ2v) is 4.41. The molecular weight excluding hydrogens is 208 g/mol. The van der Waals surface area contributed by atoms with E-state index in [4.69, 9.17) is 0 Å². The minimum Gasteiger partial charge on any atom is -0.358 e. The third kappa shape index (κ3) is 2.37. The Balaban J connectivity index is 0.000000514. The molecule has 0 saturated carbocycles. The van der Waals surface area contributed by atoms with Gasteiger partial charge in [-0.05, 0) is 17.6 Å². The molecule has 1 atom stereocenters. The van der Waals surface area contributed by atoms with Crippen LogP contribution in [-0.4, -0.2) is 11.5 Å². The molecule has 2 aliphatic rings. The highest BCUT2D eigenvalue weighted by Crippen LogP contribution is 2.27. The largest absolute Gasteiger partial charge is 0.358 e. The summed E-state index contributed by atoms with van der Waals surface area (Å²) >= 11 is 0. The van der Waals surface area contributed by atoms with Gasteiger partial charge in [-0.15, -0.1) is 0 Å². The zero-order chi connectivity index (χ0) is 12.3. The van der Waals surface area contributed by atoms with E-state index in [0.29, 0.717) is 5.92 Å². The summed E-state index contributed by atoms with van der Waals surface area (Å²) in [6.07, 6.45) is 10.1. The van der Waals surface area contributed by atoms with Gasteiger partial charge in [0.2, 0.25) is 0 Å². The van der Waals surface area contributed by atoms with Crippen molar-refractivity contribution in [3.63, 3.8) is 0 Å². The lowest BCUT2D eigenvalue weighted by atomic mass is 10.0. The molecule has 3 rings (SSSR count). The van der Waals surface area contributed by atoms with Crippen LogP contribution in [0.25, 0.3) is 12.2 Å². The minimum atomic E-state index is 0.540. The number of aromatic nitrogens is 1. The molecule has 1 unspecified atom stereocenters. The molecule has 92 valence electrons. The summed E-state index contributed by atoms with van der Waals surface area (Å²) in [5.74, 6) is 0.540. The fourth-order valence-corrected chi connectivity index (χ4v) is 2.35. The molecule has 2 N–H and O–H groups in total. The van der Waals surface area contributed by atoms with Crippen molar-refractivity contribution in [3.8, 4) is 0 Å². The summed E-state index contributed by atoms with van der Waals surface area (Å²) < 4.78 is 0. The third-order valence-corrected chi connectivity index (χ3v) is 3.25. The van der Waals surface area contributed by atoms with Gasteiger partial charge in [0, 0.05) is 36.5 Å². The number of hydrogen-bond donors (Lipinski definition) is 2. The molecule has 0 saturated heterocycles. The van der Waals surface area contributed by atoms with Gasteiger partial charge in [-0.25, -0.2) is 0 Å². The SMILES string of the molecule is CC.CC1C=Cc2[nH]c3c(c2C=C1)CNCC3. The molecule has 1 aromatic rings. The summed E-state index contributed by atoms with van der Waals surface area (Å²) in [6.45, 7) is 8.31. The second kappa shape index (κ2) is 5.37. The van der Waals surface area contributed by atoms with Crippen molar-refractivity contribution >= 4 is 12.2 Å². The van der Waals surface area contributed by atoms with Crippen molar-refractivity contribution < 1.29 is 0 Å². The maximum Gasteiger partial charge on any atom is 0.0456 e. The van der Waals surface area contributed by atoms with E-state index in [1.165, 1.54) is 22.5 Å². The monoisotopic (exact) mass is 230 g/mol. The van der Waals surface area contributed by atoms with E-state index < -0.39 is 0 Å². The number of nitrogens with one attached hydrogen (secondary N) is 2. The van der Waals surface area contributed by atoms with Crippen molar-refractivity contribution in [2.75, 3.05) is 6.54 Å². The van der Waals surface area contributed by atoms with Crippen molar-refractivity contribution in [2.45, 2.75) is 33.7 Å². The van der Waals surface area contributed by atoms with Crippen molar-refractivity contribution in [1.29, 1.82) is 0 Å². The van der Waals surface area contributed by atoms with Gasteiger partial charge in [0.15, 0.2) is 0 Å². The van der Waals surface area contributed by atoms with Crippen LogP contribution in [0.4, 0.5) is 0 Å². The van der Waals surface area contributed by atoms with Gasteiger partial charge in [-0.1, -0.05) is 39.0 Å². The fraction of sp³-hybridized carbons (Fsp3) is 0.467. The van der Waals surface area contributed by atoms with Crippen LogP contribution in [0.3, 0.4) is 0 Å². The van der Waals surface area contributed by atoms with Crippen LogP contribution >= 0.6 is 0 Å². The first-order valence-corrected chi connectivity index (χ1v) is 6.65. The molecule has 0 radical (unpaired) electrons.